The summed E-state index contributed by atoms with van der Waals surface area (Å²) in [6.07, 6.45) is 3.05. The van der Waals surface area contributed by atoms with Gasteiger partial charge in [-0.1, -0.05) is 0 Å². The van der Waals surface area contributed by atoms with Gasteiger partial charge < -0.3 is 10.3 Å². The smallest absolute Gasteiger partial charge is 0.255 e. The van der Waals surface area contributed by atoms with Crippen LogP contribution in [0.15, 0.2) is 42.9 Å². The maximum absolute atomic E-state index is 12.8. The van der Waals surface area contributed by atoms with E-state index in [-0.39, 0.29) is 11.7 Å². The summed E-state index contributed by atoms with van der Waals surface area (Å²) < 4.78 is 12.8. The number of imidazole rings is 1. The van der Waals surface area contributed by atoms with Crippen LogP contribution >= 0.6 is 0 Å². The molecule has 1 aromatic carbocycles. The number of carbonyl (C=O) groups excluding carboxylic acids is 1. The second-order valence-electron chi connectivity index (χ2n) is 3.96. The van der Waals surface area contributed by atoms with E-state index >= 15 is 0 Å². The Morgan fingerprint density at radius 1 is 1.21 bits per heavy atom. The Labute approximate surface area is 107 Å². The number of H-pyrrole nitrogens is 1. The Balaban J connectivity index is 1.83. The van der Waals surface area contributed by atoms with Gasteiger partial charge in [-0.05, 0) is 30.3 Å². The minimum atomic E-state index is -0.378. The zero-order chi connectivity index (χ0) is 13.2. The van der Waals surface area contributed by atoms with Crippen molar-refractivity contribution in [2.75, 3.05) is 5.32 Å². The summed E-state index contributed by atoms with van der Waals surface area (Å²) >= 11 is 0. The first-order valence-corrected chi connectivity index (χ1v) is 5.58. The summed E-state index contributed by atoms with van der Waals surface area (Å²) in [7, 11) is 0. The molecular weight excluding hydrogens is 247 g/mol. The molecule has 0 aliphatic heterocycles. The first-order chi connectivity index (χ1) is 9.22. The number of benzene rings is 1. The normalized spacial score (nSPS) is 10.6. The molecule has 0 spiro atoms. The molecule has 94 valence electrons. The van der Waals surface area contributed by atoms with Gasteiger partial charge in [0.05, 0.1) is 23.7 Å². The van der Waals surface area contributed by atoms with Crippen LogP contribution < -0.4 is 5.32 Å². The molecule has 0 aliphatic rings. The predicted octanol–water partition coefficient (Wildman–Crippen LogP) is 2.35. The molecule has 0 radical (unpaired) electrons. The molecule has 0 unspecified atom stereocenters. The van der Waals surface area contributed by atoms with Crippen molar-refractivity contribution in [1.82, 2.24) is 15.0 Å². The summed E-state index contributed by atoms with van der Waals surface area (Å²) in [4.78, 5) is 22.9. The minimum Gasteiger partial charge on any atom is -0.343 e. The minimum absolute atomic E-state index is 0.319. The fourth-order valence-corrected chi connectivity index (χ4v) is 1.70. The highest BCUT2D eigenvalue weighted by atomic mass is 19.1. The molecule has 6 heteroatoms. The van der Waals surface area contributed by atoms with Crippen LogP contribution in [0.2, 0.25) is 0 Å². The number of nitrogens with zero attached hydrogens (tertiary/aromatic N) is 2. The largest absolute Gasteiger partial charge is 0.343 e. The molecule has 2 aromatic heterocycles. The van der Waals surface area contributed by atoms with Crippen LogP contribution in [0.4, 0.5) is 10.1 Å². The summed E-state index contributed by atoms with van der Waals surface area (Å²) in [6, 6.07) is 7.06. The zero-order valence-electron chi connectivity index (χ0n) is 9.72. The van der Waals surface area contributed by atoms with Crippen molar-refractivity contribution in [1.29, 1.82) is 0 Å². The summed E-state index contributed by atoms with van der Waals surface area (Å²) in [5.41, 5.74) is 2.24. The van der Waals surface area contributed by atoms with Crippen molar-refractivity contribution >= 4 is 22.8 Å². The number of fused-ring (bicyclic) bond motifs is 1. The molecular formula is C13H9FN4O. The molecule has 2 N–H and O–H groups in total. The molecule has 0 saturated heterocycles. The topological polar surface area (TPSA) is 70.7 Å². The van der Waals surface area contributed by atoms with Crippen molar-refractivity contribution < 1.29 is 9.18 Å². The highest BCUT2D eigenvalue weighted by Crippen LogP contribution is 2.14. The SMILES string of the molecule is O=C(Nc1cnc2nc[nH]c2c1)c1ccc(F)cc1. The van der Waals surface area contributed by atoms with Crippen LogP contribution in [0.5, 0.6) is 0 Å². The fraction of sp³-hybridized carbons (Fsp3) is 0. The zero-order valence-corrected chi connectivity index (χ0v) is 9.72. The number of halogens is 1. The molecule has 0 aliphatic carbocycles. The third-order valence-corrected chi connectivity index (χ3v) is 2.64. The third-order valence-electron chi connectivity index (χ3n) is 2.64. The molecule has 0 atom stereocenters. The number of aromatic amines is 1. The Kier molecular flexibility index (Phi) is 2.68. The molecule has 5 nitrogen and oxygen atoms in total. The second kappa shape index (κ2) is 4.49. The van der Waals surface area contributed by atoms with Crippen LogP contribution in [0, 0.1) is 5.82 Å². The standard InChI is InChI=1S/C13H9FN4O/c14-9-3-1-8(2-4-9)13(19)18-10-5-11-12(15-6-10)17-7-16-11/h1-7H,(H,18,19)(H,15,16,17). The number of hydrogen-bond acceptors (Lipinski definition) is 3. The number of pyridine rings is 1. The third kappa shape index (κ3) is 2.28. The van der Waals surface area contributed by atoms with E-state index in [9.17, 15) is 9.18 Å². The Morgan fingerprint density at radius 2 is 2.00 bits per heavy atom. The van der Waals surface area contributed by atoms with Crippen LogP contribution in [0.3, 0.4) is 0 Å². The average molecular weight is 256 g/mol. The van der Waals surface area contributed by atoms with Gasteiger partial charge in [-0.25, -0.2) is 14.4 Å². The number of carbonyl (C=O) groups is 1. The lowest BCUT2D eigenvalue weighted by Crippen LogP contribution is -2.11. The van der Waals surface area contributed by atoms with Gasteiger partial charge in [0.1, 0.15) is 5.82 Å². The van der Waals surface area contributed by atoms with Gasteiger partial charge in [-0.2, -0.15) is 0 Å². The van der Waals surface area contributed by atoms with Crippen molar-refractivity contribution in [2.24, 2.45) is 0 Å². The first kappa shape index (κ1) is 11.3. The van der Waals surface area contributed by atoms with E-state index in [1.807, 2.05) is 0 Å². The van der Waals surface area contributed by atoms with Gasteiger partial charge in [-0.15, -0.1) is 0 Å². The van der Waals surface area contributed by atoms with E-state index < -0.39 is 0 Å². The average Bonchev–Trinajstić information content (AvgIpc) is 2.87. The monoisotopic (exact) mass is 256 g/mol. The van der Waals surface area contributed by atoms with Gasteiger partial charge >= 0.3 is 0 Å². The van der Waals surface area contributed by atoms with Gasteiger partial charge in [-0.3, -0.25) is 4.79 Å². The molecule has 2 heterocycles. The van der Waals surface area contributed by atoms with E-state index in [1.54, 1.807) is 6.07 Å². The van der Waals surface area contributed by atoms with Crippen LogP contribution in [-0.2, 0) is 0 Å². The van der Waals surface area contributed by atoms with Gasteiger partial charge in [0.15, 0.2) is 5.65 Å². The van der Waals surface area contributed by atoms with Crippen LogP contribution in [0.25, 0.3) is 11.2 Å². The van der Waals surface area contributed by atoms with Gasteiger partial charge in [0.25, 0.3) is 5.91 Å². The number of hydrogen-bond donors (Lipinski definition) is 2. The molecule has 3 rings (SSSR count). The van der Waals surface area contributed by atoms with E-state index in [2.05, 4.69) is 20.3 Å². The lowest BCUT2D eigenvalue weighted by Gasteiger charge is -2.04. The Hall–Kier alpha value is -2.76. The molecule has 0 saturated carbocycles. The molecule has 19 heavy (non-hydrogen) atoms. The lowest BCUT2D eigenvalue weighted by atomic mass is 10.2. The van der Waals surface area contributed by atoms with E-state index in [1.165, 1.54) is 36.8 Å². The highest BCUT2D eigenvalue weighted by molar-refractivity contribution is 6.04. The lowest BCUT2D eigenvalue weighted by molar-refractivity contribution is 0.102. The number of aromatic nitrogens is 3. The van der Waals surface area contributed by atoms with Crippen LogP contribution in [0.1, 0.15) is 10.4 Å². The maximum Gasteiger partial charge on any atom is 0.255 e. The van der Waals surface area contributed by atoms with E-state index in [0.29, 0.717) is 16.9 Å². The molecule has 0 bridgehead atoms. The summed E-state index contributed by atoms with van der Waals surface area (Å²) in [5.74, 6) is -0.697. The Bertz CT molecular complexity index is 736. The van der Waals surface area contributed by atoms with Crippen molar-refractivity contribution in [3.63, 3.8) is 0 Å². The Morgan fingerprint density at radius 3 is 2.79 bits per heavy atom. The number of anilines is 1. The quantitative estimate of drug-likeness (QED) is 0.739. The summed E-state index contributed by atoms with van der Waals surface area (Å²) in [6.45, 7) is 0. The van der Waals surface area contributed by atoms with E-state index in [0.717, 1.165) is 5.52 Å². The number of nitrogens with one attached hydrogen (secondary N) is 2. The second-order valence-corrected chi connectivity index (χ2v) is 3.96. The fourth-order valence-electron chi connectivity index (χ4n) is 1.70. The molecule has 3 aromatic rings. The molecule has 0 fully saturated rings. The van der Waals surface area contributed by atoms with Crippen molar-refractivity contribution in [3.8, 4) is 0 Å². The maximum atomic E-state index is 12.8. The van der Waals surface area contributed by atoms with Gasteiger partial charge in [0, 0.05) is 5.56 Å². The number of rotatable bonds is 2. The van der Waals surface area contributed by atoms with Gasteiger partial charge in [0.2, 0.25) is 0 Å². The predicted molar refractivity (Wildman–Crippen MR) is 68.2 cm³/mol. The molecule has 1 amide bonds. The van der Waals surface area contributed by atoms with Crippen LogP contribution in [-0.4, -0.2) is 20.9 Å². The van der Waals surface area contributed by atoms with E-state index in [4.69, 9.17) is 0 Å². The van der Waals surface area contributed by atoms with Crippen molar-refractivity contribution in [2.45, 2.75) is 0 Å². The first-order valence-electron chi connectivity index (χ1n) is 5.58. The highest BCUT2D eigenvalue weighted by Gasteiger charge is 2.07. The number of amides is 1. The van der Waals surface area contributed by atoms with Crippen molar-refractivity contribution in [3.05, 3.63) is 54.2 Å². The summed E-state index contributed by atoms with van der Waals surface area (Å²) in [5, 5.41) is 2.69.